The van der Waals surface area contributed by atoms with Gasteiger partial charge < -0.3 is 14.6 Å². The summed E-state index contributed by atoms with van der Waals surface area (Å²) in [6, 6.07) is 12.5. The standard InChI is InChI=1S/C23H23N3O3S/c1-4-6-14-29-19-10-7-17(8-11-19)22(28)25-23-26(13-5-2)20-12-9-18(24-16(3)27)15-21(20)30-23/h2,7-12,15H,4,6,13-14H2,1,3H3,(H,24,27). The van der Waals surface area contributed by atoms with E-state index in [1.54, 1.807) is 30.3 Å². The fraction of sp³-hybridized carbons (Fsp3) is 0.261. The molecule has 0 aliphatic carbocycles. The Hall–Kier alpha value is -3.37. The van der Waals surface area contributed by atoms with Gasteiger partial charge in [-0.2, -0.15) is 4.99 Å². The number of carbonyl (C=O) groups excluding carboxylic acids is 2. The summed E-state index contributed by atoms with van der Waals surface area (Å²) in [4.78, 5) is 28.8. The molecule has 0 atom stereocenters. The SMILES string of the molecule is C#CCn1c(=NC(=O)c2ccc(OCCCC)cc2)sc2cc(NC(C)=O)ccc21. The zero-order chi connectivity index (χ0) is 21.5. The van der Waals surface area contributed by atoms with Gasteiger partial charge in [0.25, 0.3) is 5.91 Å². The molecule has 0 aliphatic heterocycles. The molecule has 0 saturated heterocycles. The van der Waals surface area contributed by atoms with Crippen LogP contribution in [0, 0.1) is 12.3 Å². The van der Waals surface area contributed by atoms with Gasteiger partial charge in [0.1, 0.15) is 5.75 Å². The smallest absolute Gasteiger partial charge is 0.279 e. The second-order valence-corrected chi connectivity index (χ2v) is 7.69. The molecule has 6 nitrogen and oxygen atoms in total. The van der Waals surface area contributed by atoms with Gasteiger partial charge in [-0.1, -0.05) is 30.6 Å². The van der Waals surface area contributed by atoms with E-state index in [1.807, 2.05) is 16.7 Å². The Bertz CT molecular complexity index is 1170. The number of carbonyl (C=O) groups is 2. The molecule has 3 rings (SSSR count). The minimum Gasteiger partial charge on any atom is -0.494 e. The fourth-order valence-corrected chi connectivity index (χ4v) is 3.93. The lowest BCUT2D eigenvalue weighted by atomic mass is 10.2. The Morgan fingerprint density at radius 1 is 1.23 bits per heavy atom. The summed E-state index contributed by atoms with van der Waals surface area (Å²) >= 11 is 1.35. The predicted octanol–water partition coefficient (Wildman–Crippen LogP) is 4.21. The van der Waals surface area contributed by atoms with Crippen LogP contribution in [0.25, 0.3) is 10.2 Å². The molecule has 0 spiro atoms. The molecule has 0 radical (unpaired) electrons. The number of terminal acetylenes is 1. The normalized spacial score (nSPS) is 11.3. The summed E-state index contributed by atoms with van der Waals surface area (Å²) in [6.07, 6.45) is 7.57. The molecule has 0 bridgehead atoms. The number of nitrogens with zero attached hydrogens (tertiary/aromatic N) is 2. The van der Waals surface area contributed by atoms with E-state index in [0.29, 0.717) is 22.7 Å². The van der Waals surface area contributed by atoms with Crippen molar-refractivity contribution in [3.05, 3.63) is 52.8 Å². The minimum absolute atomic E-state index is 0.149. The lowest BCUT2D eigenvalue weighted by Gasteiger charge is -2.05. The number of aromatic nitrogens is 1. The van der Waals surface area contributed by atoms with Gasteiger partial charge in [-0.15, -0.1) is 6.42 Å². The van der Waals surface area contributed by atoms with Crippen LogP contribution in [-0.2, 0) is 11.3 Å². The highest BCUT2D eigenvalue weighted by Gasteiger charge is 2.10. The number of amides is 2. The van der Waals surface area contributed by atoms with Crippen molar-refractivity contribution in [2.45, 2.75) is 33.2 Å². The van der Waals surface area contributed by atoms with E-state index in [1.165, 1.54) is 18.3 Å². The summed E-state index contributed by atoms with van der Waals surface area (Å²) < 4.78 is 8.33. The first-order valence-corrected chi connectivity index (χ1v) is 10.5. The zero-order valence-corrected chi connectivity index (χ0v) is 17.8. The minimum atomic E-state index is -0.352. The van der Waals surface area contributed by atoms with Gasteiger partial charge in [0.15, 0.2) is 4.80 Å². The number of thiazole rings is 1. The van der Waals surface area contributed by atoms with Gasteiger partial charge in [0, 0.05) is 18.2 Å². The highest BCUT2D eigenvalue weighted by atomic mass is 32.1. The lowest BCUT2D eigenvalue weighted by molar-refractivity contribution is -0.114. The van der Waals surface area contributed by atoms with Crippen LogP contribution in [0.3, 0.4) is 0 Å². The van der Waals surface area contributed by atoms with E-state index in [0.717, 1.165) is 28.8 Å². The lowest BCUT2D eigenvalue weighted by Crippen LogP contribution is -2.16. The third-order valence-corrected chi connectivity index (χ3v) is 5.36. The Balaban J connectivity index is 1.91. The molecule has 0 aliphatic rings. The number of hydrogen-bond acceptors (Lipinski definition) is 4. The topological polar surface area (TPSA) is 72.7 Å². The molecule has 0 fully saturated rings. The molecule has 1 aromatic heterocycles. The van der Waals surface area contributed by atoms with Crippen molar-refractivity contribution in [3.63, 3.8) is 0 Å². The molecule has 1 heterocycles. The largest absolute Gasteiger partial charge is 0.494 e. The highest BCUT2D eigenvalue weighted by molar-refractivity contribution is 7.16. The Labute approximate surface area is 179 Å². The fourth-order valence-electron chi connectivity index (χ4n) is 2.86. The van der Waals surface area contributed by atoms with Gasteiger partial charge in [0.05, 0.1) is 23.4 Å². The maximum absolute atomic E-state index is 12.7. The number of ether oxygens (including phenoxy) is 1. The van der Waals surface area contributed by atoms with Crippen LogP contribution >= 0.6 is 11.3 Å². The first-order valence-electron chi connectivity index (χ1n) is 9.68. The molecular weight excluding hydrogens is 398 g/mol. The summed E-state index contributed by atoms with van der Waals surface area (Å²) in [7, 11) is 0. The monoisotopic (exact) mass is 421 g/mol. The molecule has 3 aromatic rings. The van der Waals surface area contributed by atoms with Gasteiger partial charge in [-0.05, 0) is 48.9 Å². The first kappa shape index (κ1) is 21.3. The molecule has 0 unspecified atom stereocenters. The molecule has 30 heavy (non-hydrogen) atoms. The van der Waals surface area contributed by atoms with E-state index >= 15 is 0 Å². The van der Waals surface area contributed by atoms with Crippen molar-refractivity contribution in [2.24, 2.45) is 4.99 Å². The molecule has 0 saturated carbocycles. The van der Waals surface area contributed by atoms with Gasteiger partial charge in [0.2, 0.25) is 5.91 Å². The Morgan fingerprint density at radius 3 is 2.67 bits per heavy atom. The van der Waals surface area contributed by atoms with Crippen molar-refractivity contribution in [2.75, 3.05) is 11.9 Å². The molecule has 154 valence electrons. The molecule has 2 aromatic carbocycles. The van der Waals surface area contributed by atoms with Crippen LogP contribution in [0.4, 0.5) is 5.69 Å². The van der Waals surface area contributed by atoms with E-state index in [-0.39, 0.29) is 18.4 Å². The van der Waals surface area contributed by atoms with Crippen LogP contribution in [0.15, 0.2) is 47.5 Å². The quantitative estimate of drug-likeness (QED) is 0.459. The third kappa shape index (κ3) is 5.16. The van der Waals surface area contributed by atoms with E-state index in [9.17, 15) is 9.59 Å². The summed E-state index contributed by atoms with van der Waals surface area (Å²) in [5.41, 5.74) is 2.01. The number of benzene rings is 2. The molecule has 7 heteroatoms. The maximum Gasteiger partial charge on any atom is 0.279 e. The van der Waals surface area contributed by atoms with Gasteiger partial charge >= 0.3 is 0 Å². The van der Waals surface area contributed by atoms with Gasteiger partial charge in [-0.25, -0.2) is 0 Å². The number of anilines is 1. The second kappa shape index (κ2) is 9.90. The van der Waals surface area contributed by atoms with Crippen molar-refractivity contribution in [1.82, 2.24) is 4.57 Å². The number of rotatable bonds is 7. The van der Waals surface area contributed by atoms with Crippen LogP contribution in [0.1, 0.15) is 37.0 Å². The average molecular weight is 422 g/mol. The second-order valence-electron chi connectivity index (χ2n) is 6.68. The average Bonchev–Trinajstić information content (AvgIpc) is 3.05. The Kier molecular flexibility index (Phi) is 7.04. The predicted molar refractivity (Wildman–Crippen MR) is 120 cm³/mol. The number of nitrogens with one attached hydrogen (secondary N) is 1. The van der Waals surface area contributed by atoms with Crippen LogP contribution in [0.5, 0.6) is 5.75 Å². The number of unbranched alkanes of at least 4 members (excludes halogenated alkanes) is 1. The van der Waals surface area contributed by atoms with Gasteiger partial charge in [-0.3, -0.25) is 9.59 Å². The third-order valence-electron chi connectivity index (χ3n) is 4.32. The van der Waals surface area contributed by atoms with E-state index in [4.69, 9.17) is 11.2 Å². The molecule has 1 N–H and O–H groups in total. The summed E-state index contributed by atoms with van der Waals surface area (Å²) in [6.45, 7) is 4.50. The van der Waals surface area contributed by atoms with Crippen molar-refractivity contribution in [1.29, 1.82) is 0 Å². The molecule has 2 amide bonds. The number of hydrogen-bond donors (Lipinski definition) is 1. The van der Waals surface area contributed by atoms with Crippen LogP contribution in [0.2, 0.25) is 0 Å². The van der Waals surface area contributed by atoms with Crippen LogP contribution in [-0.4, -0.2) is 23.0 Å². The first-order chi connectivity index (χ1) is 14.5. The summed E-state index contributed by atoms with van der Waals surface area (Å²) in [5.74, 6) is 2.84. The van der Waals surface area contributed by atoms with Crippen molar-refractivity contribution in [3.8, 4) is 18.1 Å². The molecular formula is C23H23N3O3S. The summed E-state index contributed by atoms with van der Waals surface area (Å²) in [5, 5.41) is 2.76. The Morgan fingerprint density at radius 2 is 2.00 bits per heavy atom. The number of fused-ring (bicyclic) bond motifs is 1. The van der Waals surface area contributed by atoms with Crippen molar-refractivity contribution >= 4 is 39.1 Å². The maximum atomic E-state index is 12.7. The van der Waals surface area contributed by atoms with E-state index < -0.39 is 0 Å². The van der Waals surface area contributed by atoms with Crippen LogP contribution < -0.4 is 14.9 Å². The highest BCUT2D eigenvalue weighted by Crippen LogP contribution is 2.22. The van der Waals surface area contributed by atoms with E-state index in [2.05, 4.69) is 23.2 Å². The van der Waals surface area contributed by atoms with Crippen molar-refractivity contribution < 1.29 is 14.3 Å². The zero-order valence-electron chi connectivity index (χ0n) is 17.0.